The van der Waals surface area contributed by atoms with E-state index in [9.17, 15) is 0 Å². The molecule has 0 bridgehead atoms. The average Bonchev–Trinajstić information content (AvgIpc) is 3.10. The van der Waals surface area contributed by atoms with Gasteiger partial charge in [-0.05, 0) is 17.2 Å². The Morgan fingerprint density at radius 3 is 2.91 bits per heavy atom. The van der Waals surface area contributed by atoms with E-state index in [2.05, 4.69) is 30.2 Å². The van der Waals surface area contributed by atoms with Crippen LogP contribution in [0.15, 0.2) is 17.0 Å². The van der Waals surface area contributed by atoms with Gasteiger partial charge in [0.15, 0.2) is 17.3 Å². The third-order valence-corrected chi connectivity index (χ3v) is 3.31. The van der Waals surface area contributed by atoms with Crippen molar-refractivity contribution >= 4 is 22.5 Å². The van der Waals surface area contributed by atoms with E-state index >= 15 is 0 Å². The summed E-state index contributed by atoms with van der Waals surface area (Å²) in [5.41, 5.74) is 8.78. The Morgan fingerprint density at radius 1 is 1.36 bits per heavy atom. The zero-order valence-electron chi connectivity index (χ0n) is 12.4. The van der Waals surface area contributed by atoms with Crippen LogP contribution in [0.3, 0.4) is 0 Å². The molecule has 9 heteroatoms. The van der Waals surface area contributed by atoms with Crippen molar-refractivity contribution in [2.45, 2.75) is 13.5 Å². The quantitative estimate of drug-likeness (QED) is 0.651. The number of nitrogens with two attached hydrogens (primary N) is 1. The summed E-state index contributed by atoms with van der Waals surface area (Å²) >= 11 is 0. The predicted molar refractivity (Wildman–Crippen MR) is 81.3 cm³/mol. The molecule has 0 atom stereocenters. The lowest BCUT2D eigenvalue weighted by atomic mass is 10.3. The van der Waals surface area contributed by atoms with E-state index in [4.69, 9.17) is 10.5 Å². The van der Waals surface area contributed by atoms with Gasteiger partial charge >= 0.3 is 0 Å². The van der Waals surface area contributed by atoms with Crippen LogP contribution in [0.4, 0.5) is 11.5 Å². The van der Waals surface area contributed by atoms with Crippen molar-refractivity contribution in [1.29, 1.82) is 0 Å². The van der Waals surface area contributed by atoms with E-state index in [0.29, 0.717) is 31.2 Å². The lowest BCUT2D eigenvalue weighted by Gasteiger charge is -2.10. The normalized spacial score (nSPS) is 11.2. The van der Waals surface area contributed by atoms with Crippen molar-refractivity contribution in [1.82, 2.24) is 24.8 Å². The summed E-state index contributed by atoms with van der Waals surface area (Å²) in [5.74, 6) is 0.825. The Morgan fingerprint density at radius 2 is 2.23 bits per heavy atom. The SMILES string of the molecule is CCn1c(-c2nonc2N)nc2cncc(NCCOC)c21. The molecule has 116 valence electrons. The minimum atomic E-state index is 0.215. The molecule has 3 rings (SSSR count). The van der Waals surface area contributed by atoms with Gasteiger partial charge in [-0.1, -0.05) is 0 Å². The van der Waals surface area contributed by atoms with E-state index in [0.717, 1.165) is 16.7 Å². The van der Waals surface area contributed by atoms with E-state index in [1.165, 1.54) is 0 Å². The van der Waals surface area contributed by atoms with E-state index in [1.807, 2.05) is 11.5 Å². The molecule has 3 aromatic heterocycles. The molecule has 0 radical (unpaired) electrons. The molecule has 0 unspecified atom stereocenters. The molecule has 0 aromatic carbocycles. The Bertz CT molecular complexity index is 780. The topological polar surface area (TPSA) is 117 Å². The molecule has 0 fully saturated rings. The van der Waals surface area contributed by atoms with Crippen LogP contribution in [0.1, 0.15) is 6.92 Å². The van der Waals surface area contributed by atoms with Gasteiger partial charge in [0.2, 0.25) is 0 Å². The van der Waals surface area contributed by atoms with Gasteiger partial charge in [0.05, 0.1) is 30.2 Å². The summed E-state index contributed by atoms with van der Waals surface area (Å²) in [7, 11) is 1.66. The number of aryl methyl sites for hydroxylation is 1. The number of nitrogens with zero attached hydrogens (tertiary/aromatic N) is 5. The summed E-state index contributed by atoms with van der Waals surface area (Å²) in [6.07, 6.45) is 3.47. The first-order chi connectivity index (χ1) is 10.8. The van der Waals surface area contributed by atoms with Gasteiger partial charge < -0.3 is 20.4 Å². The van der Waals surface area contributed by atoms with Gasteiger partial charge in [0.25, 0.3) is 0 Å². The second-order valence-electron chi connectivity index (χ2n) is 4.65. The van der Waals surface area contributed by atoms with Crippen molar-refractivity contribution in [3.8, 4) is 11.5 Å². The molecule has 0 amide bonds. The summed E-state index contributed by atoms with van der Waals surface area (Å²) in [4.78, 5) is 8.78. The number of aromatic nitrogens is 5. The van der Waals surface area contributed by atoms with Crippen molar-refractivity contribution in [3.63, 3.8) is 0 Å². The predicted octanol–water partition coefficient (Wildman–Crippen LogP) is 1.14. The second kappa shape index (κ2) is 5.98. The van der Waals surface area contributed by atoms with Crippen LogP contribution in [-0.4, -0.2) is 45.1 Å². The number of fused-ring (bicyclic) bond motifs is 1. The minimum absolute atomic E-state index is 0.215. The van der Waals surface area contributed by atoms with Crippen LogP contribution in [0.5, 0.6) is 0 Å². The Balaban J connectivity index is 2.12. The maximum atomic E-state index is 5.79. The van der Waals surface area contributed by atoms with Crippen molar-refractivity contribution < 1.29 is 9.37 Å². The molecule has 22 heavy (non-hydrogen) atoms. The summed E-state index contributed by atoms with van der Waals surface area (Å²) in [6, 6.07) is 0. The van der Waals surface area contributed by atoms with Crippen molar-refractivity contribution in [2.75, 3.05) is 31.3 Å². The number of rotatable bonds is 6. The first-order valence-corrected chi connectivity index (χ1v) is 6.91. The molecule has 0 spiro atoms. The molecule has 3 aromatic rings. The Kier molecular flexibility index (Phi) is 3.88. The highest BCUT2D eigenvalue weighted by atomic mass is 16.6. The van der Waals surface area contributed by atoms with Gasteiger partial charge in [-0.25, -0.2) is 9.61 Å². The van der Waals surface area contributed by atoms with Gasteiger partial charge in [0, 0.05) is 20.2 Å². The monoisotopic (exact) mass is 303 g/mol. The van der Waals surface area contributed by atoms with Crippen LogP contribution in [0.2, 0.25) is 0 Å². The molecule has 0 saturated carbocycles. The van der Waals surface area contributed by atoms with Gasteiger partial charge in [-0.3, -0.25) is 4.98 Å². The largest absolute Gasteiger partial charge is 0.383 e. The lowest BCUT2D eigenvalue weighted by Crippen LogP contribution is -2.09. The van der Waals surface area contributed by atoms with E-state index < -0.39 is 0 Å². The molecule has 0 aliphatic heterocycles. The number of hydrogen-bond donors (Lipinski definition) is 2. The number of nitrogens with one attached hydrogen (secondary N) is 1. The van der Waals surface area contributed by atoms with Gasteiger partial charge in [-0.15, -0.1) is 0 Å². The maximum Gasteiger partial charge on any atom is 0.199 e. The molecule has 0 aliphatic carbocycles. The van der Waals surface area contributed by atoms with Crippen LogP contribution in [0, 0.1) is 0 Å². The van der Waals surface area contributed by atoms with Crippen LogP contribution >= 0.6 is 0 Å². The zero-order valence-corrected chi connectivity index (χ0v) is 12.4. The summed E-state index contributed by atoms with van der Waals surface area (Å²) < 4.78 is 11.7. The standard InChI is InChI=1S/C13H17N7O2/c1-3-20-11-8(16-4-5-21-2)6-15-7-9(11)17-13(20)10-12(14)19-22-18-10/h6-7,16H,3-5H2,1-2H3,(H2,14,19). The highest BCUT2D eigenvalue weighted by Crippen LogP contribution is 2.29. The number of nitrogen functional groups attached to an aromatic ring is 1. The van der Waals surface area contributed by atoms with Crippen molar-refractivity contribution in [2.24, 2.45) is 0 Å². The second-order valence-corrected chi connectivity index (χ2v) is 4.65. The number of pyridine rings is 1. The smallest absolute Gasteiger partial charge is 0.199 e. The molecular formula is C13H17N7O2. The first-order valence-electron chi connectivity index (χ1n) is 6.91. The number of methoxy groups -OCH3 is 1. The average molecular weight is 303 g/mol. The molecular weight excluding hydrogens is 286 g/mol. The van der Waals surface area contributed by atoms with Crippen LogP contribution < -0.4 is 11.1 Å². The molecule has 0 saturated heterocycles. The fraction of sp³-hybridized carbons (Fsp3) is 0.385. The zero-order chi connectivity index (χ0) is 15.5. The third kappa shape index (κ3) is 2.35. The van der Waals surface area contributed by atoms with E-state index in [-0.39, 0.29) is 5.82 Å². The maximum absolute atomic E-state index is 5.79. The highest BCUT2D eigenvalue weighted by molar-refractivity contribution is 5.90. The molecule has 9 nitrogen and oxygen atoms in total. The van der Waals surface area contributed by atoms with Crippen molar-refractivity contribution in [3.05, 3.63) is 12.4 Å². The minimum Gasteiger partial charge on any atom is -0.383 e. The van der Waals surface area contributed by atoms with Crippen LogP contribution in [0.25, 0.3) is 22.6 Å². The van der Waals surface area contributed by atoms with E-state index in [1.54, 1.807) is 19.5 Å². The van der Waals surface area contributed by atoms with Crippen LogP contribution in [-0.2, 0) is 11.3 Å². The molecule has 0 aliphatic rings. The number of anilines is 2. The Labute approximate surface area is 126 Å². The Hall–Kier alpha value is -2.68. The fourth-order valence-corrected chi connectivity index (χ4v) is 2.34. The highest BCUT2D eigenvalue weighted by Gasteiger charge is 2.20. The first kappa shape index (κ1) is 14.3. The molecule has 3 N–H and O–H groups in total. The van der Waals surface area contributed by atoms with Gasteiger partial charge in [0.1, 0.15) is 5.52 Å². The lowest BCUT2D eigenvalue weighted by molar-refractivity contribution is 0.211. The number of ether oxygens (including phenoxy) is 1. The van der Waals surface area contributed by atoms with Gasteiger partial charge in [-0.2, -0.15) is 0 Å². The number of hydrogen-bond acceptors (Lipinski definition) is 8. The summed E-state index contributed by atoms with van der Waals surface area (Å²) in [6.45, 7) is 3.99. The summed E-state index contributed by atoms with van der Waals surface area (Å²) in [5, 5.41) is 10.7. The third-order valence-electron chi connectivity index (χ3n) is 3.31. The fourth-order valence-electron chi connectivity index (χ4n) is 2.34. The number of imidazole rings is 1. The molecule has 3 heterocycles.